The van der Waals surface area contributed by atoms with Gasteiger partial charge in [0.1, 0.15) is 24.1 Å². The Kier molecular flexibility index (Phi) is 8.86. The van der Waals surface area contributed by atoms with Crippen LogP contribution in [0.2, 0.25) is 0 Å². The number of halogens is 3. The third kappa shape index (κ3) is 6.79. The number of carbonyl (C=O) groups excluding carboxylic acids is 1. The molecule has 1 amide bonds. The summed E-state index contributed by atoms with van der Waals surface area (Å²) in [4.78, 5) is 12.5. The fourth-order valence-corrected chi connectivity index (χ4v) is 3.64. The molecule has 0 radical (unpaired) electrons. The average Bonchev–Trinajstić information content (AvgIpc) is 2.80. The molecule has 3 rings (SSSR count). The van der Waals surface area contributed by atoms with Crippen LogP contribution in [0, 0.1) is 20.7 Å². The van der Waals surface area contributed by atoms with E-state index in [0.29, 0.717) is 34.7 Å². The number of nitriles is 1. The van der Waals surface area contributed by atoms with Crippen LogP contribution < -0.4 is 14.8 Å². The highest BCUT2D eigenvalue weighted by atomic mass is 127. The molecule has 0 aromatic heterocycles. The Hall–Kier alpha value is -2.90. The van der Waals surface area contributed by atoms with Crippen LogP contribution in [0.3, 0.4) is 0 Å². The number of para-hydroxylation sites is 1. The zero-order chi connectivity index (χ0) is 23.8. The molecular weight excluding hydrogens is 602 g/mol. The van der Waals surface area contributed by atoms with E-state index in [4.69, 9.17) is 9.47 Å². The molecule has 0 heterocycles. The number of benzene rings is 3. The maximum atomic E-state index is 13.8. The van der Waals surface area contributed by atoms with Crippen molar-refractivity contribution in [3.8, 4) is 17.6 Å². The van der Waals surface area contributed by atoms with Crippen molar-refractivity contribution in [3.05, 3.63) is 91.2 Å². The summed E-state index contributed by atoms with van der Waals surface area (Å²) >= 11 is 5.71. The second-order valence-corrected chi connectivity index (χ2v) is 8.87. The second kappa shape index (κ2) is 11.8. The van der Waals surface area contributed by atoms with Crippen LogP contribution in [0.25, 0.3) is 6.08 Å². The minimum atomic E-state index is -0.716. The van der Waals surface area contributed by atoms with Gasteiger partial charge in [0, 0.05) is 8.04 Å². The number of hydrogen-bond donors (Lipinski definition) is 1. The van der Waals surface area contributed by atoms with Gasteiger partial charge in [0.15, 0.2) is 11.5 Å². The molecule has 0 aliphatic carbocycles. The maximum absolute atomic E-state index is 13.8. The van der Waals surface area contributed by atoms with E-state index in [1.165, 1.54) is 24.3 Å². The van der Waals surface area contributed by atoms with Crippen LogP contribution in [-0.4, -0.2) is 12.5 Å². The van der Waals surface area contributed by atoms with Gasteiger partial charge in [-0.05, 0) is 83.1 Å². The van der Waals surface area contributed by atoms with E-state index < -0.39 is 11.7 Å². The van der Waals surface area contributed by atoms with Crippen LogP contribution in [0.5, 0.6) is 11.5 Å². The topological polar surface area (TPSA) is 71.3 Å². The molecule has 0 saturated heterocycles. The summed E-state index contributed by atoms with van der Waals surface area (Å²) in [7, 11) is 0. The van der Waals surface area contributed by atoms with Gasteiger partial charge in [-0.15, -0.1) is 0 Å². The van der Waals surface area contributed by atoms with E-state index in [-0.39, 0.29) is 11.3 Å². The van der Waals surface area contributed by atoms with Gasteiger partial charge in [-0.3, -0.25) is 4.79 Å². The van der Waals surface area contributed by atoms with E-state index in [1.807, 2.05) is 37.3 Å². The molecular formula is C25H19BrFIN2O3. The summed E-state index contributed by atoms with van der Waals surface area (Å²) in [5, 5.41) is 11.9. The SMILES string of the molecule is CCOc1cc(/C=C(/C#N)C(=O)Nc2ccccc2F)c(Br)cc1OCc1ccc(I)cc1. The highest BCUT2D eigenvalue weighted by Crippen LogP contribution is 2.35. The summed E-state index contributed by atoms with van der Waals surface area (Å²) in [5.74, 6) is -0.304. The number of carbonyl (C=O) groups is 1. The highest BCUT2D eigenvalue weighted by Gasteiger charge is 2.15. The average molecular weight is 621 g/mol. The number of nitrogens with one attached hydrogen (secondary N) is 1. The molecule has 0 aliphatic heterocycles. The molecule has 5 nitrogen and oxygen atoms in total. The third-order valence-corrected chi connectivity index (χ3v) is 5.86. The molecule has 0 bridgehead atoms. The molecule has 3 aromatic carbocycles. The zero-order valence-corrected chi connectivity index (χ0v) is 21.3. The van der Waals surface area contributed by atoms with Gasteiger partial charge in [0.05, 0.1) is 12.3 Å². The van der Waals surface area contributed by atoms with Crippen LogP contribution in [0.15, 0.2) is 70.7 Å². The van der Waals surface area contributed by atoms with Crippen LogP contribution in [0.4, 0.5) is 10.1 Å². The van der Waals surface area contributed by atoms with E-state index in [2.05, 4.69) is 43.8 Å². The molecule has 8 heteroatoms. The second-order valence-electron chi connectivity index (χ2n) is 6.77. The molecule has 168 valence electrons. The van der Waals surface area contributed by atoms with E-state index in [1.54, 1.807) is 18.2 Å². The third-order valence-electron chi connectivity index (χ3n) is 4.46. The summed E-state index contributed by atoms with van der Waals surface area (Å²) in [6.45, 7) is 2.61. The molecule has 0 atom stereocenters. The summed E-state index contributed by atoms with van der Waals surface area (Å²) in [6, 6.07) is 19.0. The lowest BCUT2D eigenvalue weighted by Gasteiger charge is -2.14. The molecule has 1 N–H and O–H groups in total. The molecule has 0 unspecified atom stereocenters. The van der Waals surface area contributed by atoms with Gasteiger partial charge in [-0.2, -0.15) is 5.26 Å². The van der Waals surface area contributed by atoms with Crippen molar-refractivity contribution in [2.45, 2.75) is 13.5 Å². The Morgan fingerprint density at radius 1 is 1.15 bits per heavy atom. The first-order chi connectivity index (χ1) is 15.9. The smallest absolute Gasteiger partial charge is 0.266 e. The lowest BCUT2D eigenvalue weighted by Crippen LogP contribution is -2.14. The molecule has 33 heavy (non-hydrogen) atoms. The van der Waals surface area contributed by atoms with Crippen LogP contribution in [-0.2, 0) is 11.4 Å². The Morgan fingerprint density at radius 3 is 2.52 bits per heavy atom. The van der Waals surface area contributed by atoms with Crippen molar-refractivity contribution in [2.75, 3.05) is 11.9 Å². The number of ether oxygens (including phenoxy) is 2. The van der Waals surface area contributed by atoms with E-state index in [9.17, 15) is 14.4 Å². The van der Waals surface area contributed by atoms with Crippen molar-refractivity contribution in [1.29, 1.82) is 5.26 Å². The number of hydrogen-bond acceptors (Lipinski definition) is 4. The molecule has 0 saturated carbocycles. The fraction of sp³-hybridized carbons (Fsp3) is 0.120. The monoisotopic (exact) mass is 620 g/mol. The van der Waals surface area contributed by atoms with Crippen molar-refractivity contribution < 1.29 is 18.7 Å². The Labute approximate surface area is 213 Å². The maximum Gasteiger partial charge on any atom is 0.266 e. The van der Waals surface area contributed by atoms with Gasteiger partial charge in [-0.1, -0.05) is 40.2 Å². The first-order valence-electron chi connectivity index (χ1n) is 9.92. The number of rotatable bonds is 8. The molecule has 3 aromatic rings. The summed E-state index contributed by atoms with van der Waals surface area (Å²) < 4.78 is 27.3. The van der Waals surface area contributed by atoms with E-state index >= 15 is 0 Å². The summed E-state index contributed by atoms with van der Waals surface area (Å²) in [5.41, 5.74) is 1.36. The molecule has 0 spiro atoms. The predicted octanol–water partition coefficient (Wildman–Crippen LogP) is 6.72. The number of anilines is 1. The lowest BCUT2D eigenvalue weighted by molar-refractivity contribution is -0.112. The Balaban J connectivity index is 1.85. The standard InChI is InChI=1S/C25H19BrFIN2O3/c1-2-32-23-12-17(11-18(14-29)25(31)30-22-6-4-3-5-21(22)27)20(26)13-24(23)33-15-16-7-9-19(28)10-8-16/h3-13H,2,15H2,1H3,(H,30,31)/b18-11-. The largest absolute Gasteiger partial charge is 0.490 e. The highest BCUT2D eigenvalue weighted by molar-refractivity contribution is 14.1. The van der Waals surface area contributed by atoms with Gasteiger partial charge in [-0.25, -0.2) is 4.39 Å². The molecule has 0 aliphatic rings. The van der Waals surface area contributed by atoms with E-state index in [0.717, 1.165) is 9.13 Å². The lowest BCUT2D eigenvalue weighted by atomic mass is 10.1. The minimum Gasteiger partial charge on any atom is -0.490 e. The molecule has 0 fully saturated rings. The van der Waals surface area contributed by atoms with Crippen LogP contribution >= 0.6 is 38.5 Å². The fourth-order valence-electron chi connectivity index (χ4n) is 2.84. The Bertz CT molecular complexity index is 1220. The number of amides is 1. The number of nitrogens with zero attached hydrogens (tertiary/aromatic N) is 1. The van der Waals surface area contributed by atoms with Gasteiger partial charge < -0.3 is 14.8 Å². The minimum absolute atomic E-state index is 0.00271. The quantitative estimate of drug-likeness (QED) is 0.172. The predicted molar refractivity (Wildman–Crippen MR) is 137 cm³/mol. The van der Waals surface area contributed by atoms with Gasteiger partial charge >= 0.3 is 0 Å². The van der Waals surface area contributed by atoms with Crippen LogP contribution in [0.1, 0.15) is 18.1 Å². The Morgan fingerprint density at radius 2 is 1.85 bits per heavy atom. The summed E-state index contributed by atoms with van der Waals surface area (Å²) in [6.07, 6.45) is 1.41. The van der Waals surface area contributed by atoms with Crippen molar-refractivity contribution in [3.63, 3.8) is 0 Å². The normalized spacial score (nSPS) is 10.9. The van der Waals surface area contributed by atoms with Crippen molar-refractivity contribution >= 4 is 56.2 Å². The van der Waals surface area contributed by atoms with Gasteiger partial charge in [0.2, 0.25) is 0 Å². The zero-order valence-electron chi connectivity index (χ0n) is 17.6. The van der Waals surface area contributed by atoms with Gasteiger partial charge in [0.25, 0.3) is 5.91 Å². The first kappa shape index (κ1) is 24.7. The first-order valence-corrected chi connectivity index (χ1v) is 11.8. The van der Waals surface area contributed by atoms with Crippen molar-refractivity contribution in [2.24, 2.45) is 0 Å². The van der Waals surface area contributed by atoms with Crippen molar-refractivity contribution in [1.82, 2.24) is 0 Å².